The minimum Gasteiger partial charge on any atom is -0.300 e. The van der Waals surface area contributed by atoms with Crippen molar-refractivity contribution in [1.29, 1.82) is 0 Å². The number of benzene rings is 2. The number of hydrogen-bond donors (Lipinski definition) is 1. The lowest BCUT2D eigenvalue weighted by atomic mass is 10.2. The van der Waals surface area contributed by atoms with Crippen LogP contribution in [0.25, 0.3) is 10.6 Å². The van der Waals surface area contributed by atoms with Crippen molar-refractivity contribution in [3.05, 3.63) is 65.2 Å². The largest absolute Gasteiger partial charge is 0.300 e. The van der Waals surface area contributed by atoms with Gasteiger partial charge in [0, 0.05) is 16.3 Å². The minimum atomic E-state index is -0.0743. The summed E-state index contributed by atoms with van der Waals surface area (Å²) in [6.07, 6.45) is 0. The van der Waals surface area contributed by atoms with E-state index in [-0.39, 0.29) is 5.91 Å². The molecule has 0 unspecified atom stereocenters. The lowest BCUT2D eigenvalue weighted by molar-refractivity contribution is -0.113. The summed E-state index contributed by atoms with van der Waals surface area (Å²) in [4.78, 5) is 12.0. The molecule has 1 N–H and O–H groups in total. The van der Waals surface area contributed by atoms with E-state index < -0.39 is 0 Å². The van der Waals surface area contributed by atoms with Crippen molar-refractivity contribution in [2.45, 2.75) is 5.75 Å². The van der Waals surface area contributed by atoms with E-state index in [1.807, 2.05) is 42.5 Å². The highest BCUT2D eigenvalue weighted by molar-refractivity contribution is 7.99. The smallest absolute Gasteiger partial charge is 0.236 e. The van der Waals surface area contributed by atoms with E-state index in [0.29, 0.717) is 15.9 Å². The average molecular weight is 376 g/mol. The van der Waals surface area contributed by atoms with Gasteiger partial charge in [0.2, 0.25) is 11.0 Å². The normalized spacial score (nSPS) is 10.5. The fourth-order valence-electron chi connectivity index (χ4n) is 1.97. The van der Waals surface area contributed by atoms with E-state index in [1.165, 1.54) is 16.9 Å². The molecule has 0 saturated carbocycles. The Morgan fingerprint density at radius 2 is 1.83 bits per heavy atom. The van der Waals surface area contributed by atoms with E-state index in [1.54, 1.807) is 23.9 Å². The molecule has 24 heavy (non-hydrogen) atoms. The fourth-order valence-corrected chi connectivity index (χ4v) is 3.65. The van der Waals surface area contributed by atoms with Gasteiger partial charge in [0.1, 0.15) is 5.01 Å². The van der Waals surface area contributed by atoms with Gasteiger partial charge in [-0.25, -0.2) is 0 Å². The molecule has 1 amide bonds. The summed E-state index contributed by atoms with van der Waals surface area (Å²) in [5, 5.41) is 12.8. The van der Waals surface area contributed by atoms with E-state index in [0.717, 1.165) is 16.3 Å². The van der Waals surface area contributed by atoms with Gasteiger partial charge in [0.25, 0.3) is 0 Å². The molecule has 0 saturated heterocycles. The second kappa shape index (κ2) is 8.28. The number of halogens is 1. The first-order valence-corrected chi connectivity index (χ1v) is 9.56. The van der Waals surface area contributed by atoms with Crippen LogP contribution in [0, 0.1) is 0 Å². The first kappa shape index (κ1) is 17.0. The van der Waals surface area contributed by atoms with Gasteiger partial charge >= 0.3 is 0 Å². The summed E-state index contributed by atoms with van der Waals surface area (Å²) in [6, 6.07) is 17.4. The van der Waals surface area contributed by atoms with Crippen molar-refractivity contribution in [3.8, 4) is 10.6 Å². The van der Waals surface area contributed by atoms with Gasteiger partial charge in [-0.05, 0) is 17.7 Å². The van der Waals surface area contributed by atoms with Crippen LogP contribution in [0.15, 0.2) is 54.6 Å². The van der Waals surface area contributed by atoms with Gasteiger partial charge in [-0.1, -0.05) is 65.4 Å². The molecule has 7 heteroatoms. The summed E-state index contributed by atoms with van der Waals surface area (Å²) in [6.45, 7) is 0. The summed E-state index contributed by atoms with van der Waals surface area (Å²) in [7, 11) is 0. The van der Waals surface area contributed by atoms with E-state index in [2.05, 4.69) is 15.5 Å². The summed E-state index contributed by atoms with van der Waals surface area (Å²) >= 11 is 8.79. The second-order valence-electron chi connectivity index (χ2n) is 4.95. The zero-order chi connectivity index (χ0) is 16.8. The van der Waals surface area contributed by atoms with Crippen molar-refractivity contribution in [1.82, 2.24) is 10.2 Å². The number of amides is 1. The molecule has 0 bridgehead atoms. The molecule has 0 aliphatic carbocycles. The Bertz CT molecular complexity index is 806. The Morgan fingerprint density at radius 1 is 1.08 bits per heavy atom. The van der Waals surface area contributed by atoms with Gasteiger partial charge < -0.3 is 0 Å². The molecule has 1 aromatic heterocycles. The average Bonchev–Trinajstić information content (AvgIpc) is 3.05. The Morgan fingerprint density at radius 3 is 2.58 bits per heavy atom. The predicted molar refractivity (Wildman–Crippen MR) is 102 cm³/mol. The van der Waals surface area contributed by atoms with Crippen molar-refractivity contribution in [3.63, 3.8) is 0 Å². The Kier molecular flexibility index (Phi) is 5.85. The molecule has 3 aromatic rings. The molecular weight excluding hydrogens is 362 g/mol. The van der Waals surface area contributed by atoms with Gasteiger partial charge in [-0.15, -0.1) is 22.0 Å². The molecule has 0 fully saturated rings. The lowest BCUT2D eigenvalue weighted by Gasteiger charge is -2.02. The molecule has 0 spiro atoms. The number of carbonyl (C=O) groups excluding carboxylic acids is 1. The van der Waals surface area contributed by atoms with Crippen LogP contribution in [0.5, 0.6) is 0 Å². The van der Waals surface area contributed by atoms with Crippen LogP contribution >= 0.6 is 34.7 Å². The number of nitrogens with one attached hydrogen (secondary N) is 1. The molecule has 0 radical (unpaired) electrons. The van der Waals surface area contributed by atoms with E-state index >= 15 is 0 Å². The van der Waals surface area contributed by atoms with Gasteiger partial charge in [0.05, 0.1) is 5.75 Å². The maximum absolute atomic E-state index is 12.0. The second-order valence-corrected chi connectivity index (χ2v) is 7.35. The fraction of sp³-hybridized carbons (Fsp3) is 0.118. The topological polar surface area (TPSA) is 54.9 Å². The quantitative estimate of drug-likeness (QED) is 0.676. The number of thioether (sulfide) groups is 1. The molecular formula is C17H14ClN3OS2. The molecule has 0 aliphatic heterocycles. The third kappa shape index (κ3) is 4.80. The third-order valence-corrected chi connectivity index (χ3v) is 5.25. The summed E-state index contributed by atoms with van der Waals surface area (Å²) in [5.74, 6) is 1.11. The van der Waals surface area contributed by atoms with Crippen LogP contribution in [0.1, 0.15) is 5.56 Å². The highest BCUT2D eigenvalue weighted by Crippen LogP contribution is 2.27. The lowest BCUT2D eigenvalue weighted by Crippen LogP contribution is -2.13. The number of carbonyl (C=O) groups is 1. The molecule has 0 aliphatic rings. The number of anilines is 1. The van der Waals surface area contributed by atoms with Crippen LogP contribution in [0.2, 0.25) is 5.02 Å². The van der Waals surface area contributed by atoms with Crippen molar-refractivity contribution in [2.75, 3.05) is 11.1 Å². The number of rotatable bonds is 6. The number of aromatic nitrogens is 2. The zero-order valence-corrected chi connectivity index (χ0v) is 15.0. The molecule has 2 aromatic carbocycles. The number of nitrogens with zero attached hydrogens (tertiary/aromatic N) is 2. The summed E-state index contributed by atoms with van der Waals surface area (Å²) in [5.41, 5.74) is 2.13. The predicted octanol–water partition coefficient (Wildman–Crippen LogP) is 4.73. The monoisotopic (exact) mass is 375 g/mol. The van der Waals surface area contributed by atoms with Gasteiger partial charge in [-0.2, -0.15) is 0 Å². The zero-order valence-electron chi connectivity index (χ0n) is 12.6. The van der Waals surface area contributed by atoms with Crippen molar-refractivity contribution >= 4 is 45.7 Å². The first-order chi connectivity index (χ1) is 11.7. The van der Waals surface area contributed by atoms with Crippen LogP contribution in [0.4, 0.5) is 5.13 Å². The van der Waals surface area contributed by atoms with Gasteiger partial charge in [0.15, 0.2) is 0 Å². The molecule has 1 heterocycles. The van der Waals surface area contributed by atoms with Crippen LogP contribution in [0.3, 0.4) is 0 Å². The molecule has 0 atom stereocenters. The van der Waals surface area contributed by atoms with Crippen molar-refractivity contribution in [2.24, 2.45) is 0 Å². The highest BCUT2D eigenvalue weighted by Gasteiger charge is 2.10. The standard InChI is InChI=1S/C17H14ClN3OS2/c18-14-8-6-13(7-9-14)16-20-21-17(24-16)19-15(22)11-23-10-12-4-2-1-3-5-12/h1-9H,10-11H2,(H,19,21,22). The van der Waals surface area contributed by atoms with Crippen molar-refractivity contribution < 1.29 is 4.79 Å². The minimum absolute atomic E-state index is 0.0743. The Hall–Kier alpha value is -1.89. The maximum Gasteiger partial charge on any atom is 0.236 e. The molecule has 122 valence electrons. The SMILES string of the molecule is O=C(CSCc1ccccc1)Nc1nnc(-c2ccc(Cl)cc2)s1. The highest BCUT2D eigenvalue weighted by atomic mass is 35.5. The van der Waals surface area contributed by atoms with E-state index in [4.69, 9.17) is 11.6 Å². The molecule has 4 nitrogen and oxygen atoms in total. The Balaban J connectivity index is 1.51. The van der Waals surface area contributed by atoms with Gasteiger partial charge in [-0.3, -0.25) is 10.1 Å². The van der Waals surface area contributed by atoms with Crippen LogP contribution in [-0.2, 0) is 10.5 Å². The Labute approximate surface area is 153 Å². The molecule has 3 rings (SSSR count). The van der Waals surface area contributed by atoms with E-state index in [9.17, 15) is 4.79 Å². The maximum atomic E-state index is 12.0. The third-order valence-electron chi connectivity index (χ3n) is 3.11. The van der Waals surface area contributed by atoms with Crippen LogP contribution < -0.4 is 5.32 Å². The van der Waals surface area contributed by atoms with Crippen LogP contribution in [-0.4, -0.2) is 21.9 Å². The first-order valence-electron chi connectivity index (χ1n) is 7.22. The summed E-state index contributed by atoms with van der Waals surface area (Å²) < 4.78 is 0. The number of hydrogen-bond acceptors (Lipinski definition) is 5.